The topological polar surface area (TPSA) is 46.9 Å². The molecule has 5 heteroatoms. The van der Waals surface area contributed by atoms with Crippen LogP contribution in [-0.4, -0.2) is 15.7 Å². The van der Waals surface area contributed by atoms with Crippen LogP contribution in [-0.2, 0) is 18.3 Å². The van der Waals surface area contributed by atoms with Crippen molar-refractivity contribution in [3.8, 4) is 0 Å². The molecule has 106 valence electrons. The Balaban J connectivity index is 2.02. The number of amides is 1. The van der Waals surface area contributed by atoms with E-state index in [1.807, 2.05) is 20.9 Å². The molecule has 0 aliphatic carbocycles. The van der Waals surface area contributed by atoms with Gasteiger partial charge in [0, 0.05) is 18.3 Å². The Morgan fingerprint density at radius 2 is 2.15 bits per heavy atom. The molecule has 1 N–H and O–H groups in total. The number of hydrogen-bond acceptors (Lipinski definition) is 2. The first kappa shape index (κ1) is 14.2. The molecule has 1 heterocycles. The maximum Gasteiger partial charge on any atom is 0.225 e. The number of nitrogens with one attached hydrogen (secondary N) is 1. The number of halogens is 1. The van der Waals surface area contributed by atoms with Crippen molar-refractivity contribution in [2.75, 3.05) is 0 Å². The van der Waals surface area contributed by atoms with Gasteiger partial charge in [0.15, 0.2) is 0 Å². The van der Waals surface area contributed by atoms with Gasteiger partial charge in [-0.2, -0.15) is 5.10 Å². The molecule has 4 nitrogen and oxygen atoms in total. The number of benzene rings is 1. The van der Waals surface area contributed by atoms with E-state index in [1.54, 1.807) is 29.1 Å². The Hall–Kier alpha value is -2.17. The largest absolute Gasteiger partial charge is 0.349 e. The molecular formula is C15H18FN3O. The van der Waals surface area contributed by atoms with E-state index in [0.717, 1.165) is 11.3 Å². The number of aromatic nitrogens is 2. The lowest BCUT2D eigenvalue weighted by Crippen LogP contribution is -2.28. The summed E-state index contributed by atoms with van der Waals surface area (Å²) in [5.74, 6) is -0.557. The van der Waals surface area contributed by atoms with Crippen molar-refractivity contribution in [3.05, 3.63) is 53.1 Å². The molecule has 0 aliphatic heterocycles. The molecule has 1 atom stereocenters. The first-order valence-electron chi connectivity index (χ1n) is 6.50. The highest BCUT2D eigenvalue weighted by molar-refractivity contribution is 5.79. The summed E-state index contributed by atoms with van der Waals surface area (Å²) in [5, 5.41) is 7.02. The van der Waals surface area contributed by atoms with Crippen LogP contribution in [0.15, 0.2) is 30.5 Å². The molecule has 0 aliphatic rings. The van der Waals surface area contributed by atoms with Crippen LogP contribution in [0.5, 0.6) is 0 Å². The van der Waals surface area contributed by atoms with Crippen LogP contribution < -0.4 is 5.32 Å². The lowest BCUT2D eigenvalue weighted by atomic mass is 10.1. The SMILES string of the molecule is Cc1c([C@H](C)NC(=O)Cc2ccccc2F)cnn1C. The summed E-state index contributed by atoms with van der Waals surface area (Å²) in [7, 11) is 1.85. The number of hydrogen-bond donors (Lipinski definition) is 1. The maximum atomic E-state index is 13.5. The van der Waals surface area contributed by atoms with Crippen LogP contribution in [0.3, 0.4) is 0 Å². The molecule has 1 aromatic heterocycles. The van der Waals surface area contributed by atoms with Crippen molar-refractivity contribution in [1.82, 2.24) is 15.1 Å². The van der Waals surface area contributed by atoms with E-state index in [4.69, 9.17) is 0 Å². The Morgan fingerprint density at radius 3 is 2.75 bits per heavy atom. The highest BCUT2D eigenvalue weighted by atomic mass is 19.1. The van der Waals surface area contributed by atoms with Gasteiger partial charge in [-0.25, -0.2) is 4.39 Å². The molecule has 0 bridgehead atoms. The van der Waals surface area contributed by atoms with Crippen molar-refractivity contribution >= 4 is 5.91 Å². The minimum absolute atomic E-state index is 0.0380. The summed E-state index contributed by atoms with van der Waals surface area (Å²) in [6.07, 6.45) is 1.78. The Bertz CT molecular complexity index is 621. The number of carbonyl (C=O) groups excluding carboxylic acids is 1. The lowest BCUT2D eigenvalue weighted by molar-refractivity contribution is -0.121. The average Bonchev–Trinajstić information content (AvgIpc) is 2.73. The fourth-order valence-corrected chi connectivity index (χ4v) is 2.13. The summed E-state index contributed by atoms with van der Waals surface area (Å²) >= 11 is 0. The zero-order chi connectivity index (χ0) is 14.7. The second-order valence-electron chi connectivity index (χ2n) is 4.87. The van der Waals surface area contributed by atoms with Crippen molar-refractivity contribution in [2.24, 2.45) is 7.05 Å². The average molecular weight is 275 g/mol. The third kappa shape index (κ3) is 3.04. The molecule has 1 aromatic carbocycles. The van der Waals surface area contributed by atoms with Crippen molar-refractivity contribution in [3.63, 3.8) is 0 Å². The zero-order valence-electron chi connectivity index (χ0n) is 11.9. The summed E-state index contributed by atoms with van der Waals surface area (Å²) in [4.78, 5) is 12.0. The maximum absolute atomic E-state index is 13.5. The molecular weight excluding hydrogens is 257 g/mol. The van der Waals surface area contributed by atoms with Gasteiger partial charge in [0.05, 0.1) is 18.7 Å². The van der Waals surface area contributed by atoms with Crippen LogP contribution in [0, 0.1) is 12.7 Å². The van der Waals surface area contributed by atoms with E-state index < -0.39 is 0 Å². The summed E-state index contributed by atoms with van der Waals surface area (Å²) < 4.78 is 15.2. The van der Waals surface area contributed by atoms with Gasteiger partial charge < -0.3 is 5.32 Å². The quantitative estimate of drug-likeness (QED) is 0.930. The highest BCUT2D eigenvalue weighted by Crippen LogP contribution is 2.16. The Morgan fingerprint density at radius 1 is 1.45 bits per heavy atom. The Kier molecular flexibility index (Phi) is 4.17. The third-order valence-electron chi connectivity index (χ3n) is 3.43. The van der Waals surface area contributed by atoms with Gasteiger partial charge >= 0.3 is 0 Å². The molecule has 0 saturated carbocycles. The molecule has 1 amide bonds. The second-order valence-corrected chi connectivity index (χ2v) is 4.87. The number of rotatable bonds is 4. The molecule has 0 spiro atoms. The van der Waals surface area contributed by atoms with E-state index >= 15 is 0 Å². The standard InChI is InChI=1S/C15H18FN3O/c1-10(13-9-17-19(3)11(13)2)18-15(20)8-12-6-4-5-7-14(12)16/h4-7,9-10H,8H2,1-3H3,(H,18,20)/t10-/m0/s1. The minimum Gasteiger partial charge on any atom is -0.349 e. The fraction of sp³-hybridized carbons (Fsp3) is 0.333. The molecule has 0 fully saturated rings. The second kappa shape index (κ2) is 5.86. The van der Waals surface area contributed by atoms with Gasteiger partial charge in [0.25, 0.3) is 0 Å². The Labute approximate surface area is 117 Å². The first-order chi connectivity index (χ1) is 9.49. The highest BCUT2D eigenvalue weighted by Gasteiger charge is 2.15. The predicted octanol–water partition coefficient (Wildman–Crippen LogP) is 2.29. The summed E-state index contributed by atoms with van der Waals surface area (Å²) in [6.45, 7) is 3.84. The predicted molar refractivity (Wildman–Crippen MR) is 74.6 cm³/mol. The fourth-order valence-electron chi connectivity index (χ4n) is 2.13. The van der Waals surface area contributed by atoms with E-state index in [-0.39, 0.29) is 24.2 Å². The molecule has 20 heavy (non-hydrogen) atoms. The molecule has 2 aromatic rings. The van der Waals surface area contributed by atoms with Gasteiger partial charge in [-0.3, -0.25) is 9.48 Å². The van der Waals surface area contributed by atoms with Gasteiger partial charge in [-0.15, -0.1) is 0 Å². The van der Waals surface area contributed by atoms with E-state index in [9.17, 15) is 9.18 Å². The van der Waals surface area contributed by atoms with E-state index in [2.05, 4.69) is 10.4 Å². The van der Waals surface area contributed by atoms with Crippen molar-refractivity contribution in [2.45, 2.75) is 26.3 Å². The van der Waals surface area contributed by atoms with Crippen molar-refractivity contribution < 1.29 is 9.18 Å². The molecule has 0 saturated heterocycles. The van der Waals surface area contributed by atoms with Gasteiger partial charge in [-0.1, -0.05) is 18.2 Å². The molecule has 0 unspecified atom stereocenters. The number of carbonyl (C=O) groups is 1. The van der Waals surface area contributed by atoms with Gasteiger partial charge in [0.2, 0.25) is 5.91 Å². The third-order valence-corrected chi connectivity index (χ3v) is 3.43. The number of nitrogens with zero attached hydrogens (tertiary/aromatic N) is 2. The van der Waals surface area contributed by atoms with Gasteiger partial charge in [0.1, 0.15) is 5.82 Å². The summed E-state index contributed by atoms with van der Waals surface area (Å²) in [6, 6.07) is 6.16. The van der Waals surface area contributed by atoms with Crippen LogP contribution in [0.1, 0.15) is 29.8 Å². The van der Waals surface area contributed by atoms with Crippen LogP contribution in [0.25, 0.3) is 0 Å². The monoisotopic (exact) mass is 275 g/mol. The van der Waals surface area contributed by atoms with E-state index in [0.29, 0.717) is 5.56 Å². The summed E-state index contributed by atoms with van der Waals surface area (Å²) in [5.41, 5.74) is 2.37. The van der Waals surface area contributed by atoms with Gasteiger partial charge in [-0.05, 0) is 25.5 Å². The van der Waals surface area contributed by atoms with Crippen LogP contribution >= 0.6 is 0 Å². The lowest BCUT2D eigenvalue weighted by Gasteiger charge is -2.14. The molecule has 0 radical (unpaired) electrons. The smallest absolute Gasteiger partial charge is 0.225 e. The first-order valence-corrected chi connectivity index (χ1v) is 6.50. The van der Waals surface area contributed by atoms with Crippen LogP contribution in [0.4, 0.5) is 4.39 Å². The number of aryl methyl sites for hydroxylation is 1. The zero-order valence-corrected chi connectivity index (χ0v) is 11.9. The van der Waals surface area contributed by atoms with E-state index in [1.165, 1.54) is 6.07 Å². The van der Waals surface area contributed by atoms with Crippen LogP contribution in [0.2, 0.25) is 0 Å². The normalized spacial score (nSPS) is 12.2. The molecule has 2 rings (SSSR count). The van der Waals surface area contributed by atoms with Crippen molar-refractivity contribution in [1.29, 1.82) is 0 Å². The minimum atomic E-state index is -0.354.